The molecule has 0 amide bonds. The number of likely N-dealkylation sites (N-methyl/N-ethyl adjacent to an activating group) is 1. The Morgan fingerprint density at radius 3 is 2.56 bits per heavy atom. The van der Waals surface area contributed by atoms with Crippen LogP contribution in [0.2, 0.25) is 0 Å². The minimum absolute atomic E-state index is 0.671. The first-order valence-corrected chi connectivity index (χ1v) is 6.96. The summed E-state index contributed by atoms with van der Waals surface area (Å²) in [5.74, 6) is 2.84. The summed E-state index contributed by atoms with van der Waals surface area (Å²) in [5.41, 5.74) is 3.00. The molecule has 1 aromatic rings. The lowest BCUT2D eigenvalue weighted by atomic mass is 9.82. The van der Waals surface area contributed by atoms with E-state index in [1.54, 1.807) is 5.56 Å². The molecule has 18 heavy (non-hydrogen) atoms. The van der Waals surface area contributed by atoms with Crippen LogP contribution in [-0.4, -0.2) is 13.1 Å². The maximum absolute atomic E-state index is 2.52. The molecule has 1 aliphatic heterocycles. The molecule has 5 unspecified atom stereocenters. The molecule has 1 fully saturated rings. The van der Waals surface area contributed by atoms with Crippen LogP contribution in [-0.2, 0) is 0 Å². The molecule has 5 atom stereocenters. The molecule has 1 heteroatoms. The normalized spacial score (nSPS) is 39.7. The monoisotopic (exact) mass is 237 g/mol. The van der Waals surface area contributed by atoms with Crippen LogP contribution in [0.25, 0.3) is 0 Å². The van der Waals surface area contributed by atoms with E-state index in [1.165, 1.54) is 5.69 Å². The van der Waals surface area contributed by atoms with E-state index in [0.29, 0.717) is 17.9 Å². The van der Waals surface area contributed by atoms with Crippen molar-refractivity contribution in [3.63, 3.8) is 0 Å². The molecule has 0 spiro atoms. The average Bonchev–Trinajstić information content (AvgIpc) is 2.87. The molecule has 0 radical (unpaired) electrons. The molecule has 0 N–H and O–H groups in total. The topological polar surface area (TPSA) is 3.24 Å². The predicted molar refractivity (Wildman–Crippen MR) is 75.8 cm³/mol. The van der Waals surface area contributed by atoms with E-state index in [-0.39, 0.29) is 0 Å². The Morgan fingerprint density at radius 1 is 1.00 bits per heavy atom. The van der Waals surface area contributed by atoms with Gasteiger partial charge >= 0.3 is 0 Å². The molecule has 3 aliphatic rings. The Balaban J connectivity index is 1.87. The molecule has 2 aliphatic carbocycles. The second kappa shape index (κ2) is 3.50. The lowest BCUT2D eigenvalue weighted by molar-refractivity contribution is 0.423. The summed E-state index contributed by atoms with van der Waals surface area (Å²) in [6.07, 6.45) is 9.31. The highest BCUT2D eigenvalue weighted by Crippen LogP contribution is 2.57. The largest absolute Gasteiger partial charge is 0.370 e. The zero-order valence-electron chi connectivity index (χ0n) is 11.0. The fraction of sp³-hybridized carbons (Fsp3) is 0.412. The van der Waals surface area contributed by atoms with Crippen molar-refractivity contribution < 1.29 is 0 Å². The fourth-order valence-corrected chi connectivity index (χ4v) is 4.54. The van der Waals surface area contributed by atoms with Crippen molar-refractivity contribution in [3.8, 4) is 0 Å². The van der Waals surface area contributed by atoms with Crippen molar-refractivity contribution in [1.29, 1.82) is 0 Å². The number of fused-ring (bicyclic) bond motifs is 5. The van der Waals surface area contributed by atoms with Gasteiger partial charge in [0.05, 0.1) is 0 Å². The SMILES string of the molecule is CC1C2C=CC=CC2C2c3ccccc3N(C)C12. The number of rotatable bonds is 0. The summed E-state index contributed by atoms with van der Waals surface area (Å²) in [6.45, 7) is 2.42. The Hall–Kier alpha value is -1.50. The summed E-state index contributed by atoms with van der Waals surface area (Å²) in [5, 5.41) is 0. The second-order valence-electron chi connectivity index (χ2n) is 5.97. The van der Waals surface area contributed by atoms with E-state index < -0.39 is 0 Å². The van der Waals surface area contributed by atoms with E-state index in [4.69, 9.17) is 0 Å². The van der Waals surface area contributed by atoms with Crippen LogP contribution < -0.4 is 4.90 Å². The molecule has 1 heterocycles. The zero-order valence-corrected chi connectivity index (χ0v) is 11.0. The number of para-hydroxylation sites is 1. The number of nitrogens with zero attached hydrogens (tertiary/aromatic N) is 1. The molecule has 0 aromatic heterocycles. The maximum atomic E-state index is 2.52. The Kier molecular flexibility index (Phi) is 2.03. The summed E-state index contributed by atoms with van der Waals surface area (Å²) in [6, 6.07) is 9.63. The molecule has 1 nitrogen and oxygen atoms in total. The van der Waals surface area contributed by atoms with Crippen LogP contribution >= 0.6 is 0 Å². The Bertz CT molecular complexity index is 542. The first-order valence-electron chi connectivity index (χ1n) is 6.96. The standard InChI is InChI=1S/C17H19N/c1-11-12-7-3-4-8-13(12)16-14-9-5-6-10-15(14)18(2)17(11)16/h3-13,16-17H,1-2H3. The van der Waals surface area contributed by atoms with Gasteiger partial charge in [-0.1, -0.05) is 49.4 Å². The summed E-state index contributed by atoms with van der Waals surface area (Å²) in [4.78, 5) is 2.52. The van der Waals surface area contributed by atoms with Crippen molar-refractivity contribution in [2.75, 3.05) is 11.9 Å². The highest BCUT2D eigenvalue weighted by Gasteiger charge is 2.53. The van der Waals surface area contributed by atoms with Gasteiger partial charge in [0.2, 0.25) is 0 Å². The summed E-state index contributed by atoms with van der Waals surface area (Å²) >= 11 is 0. The highest BCUT2D eigenvalue weighted by atomic mass is 15.2. The van der Waals surface area contributed by atoms with Crippen LogP contribution in [0.1, 0.15) is 18.4 Å². The Morgan fingerprint density at radius 2 is 1.72 bits per heavy atom. The maximum Gasteiger partial charge on any atom is 0.0402 e. The lowest BCUT2D eigenvalue weighted by Crippen LogP contribution is -2.33. The van der Waals surface area contributed by atoms with Gasteiger partial charge in [0.25, 0.3) is 0 Å². The number of anilines is 1. The third-order valence-corrected chi connectivity index (χ3v) is 5.27. The minimum atomic E-state index is 0.671. The number of benzene rings is 1. The quantitative estimate of drug-likeness (QED) is 0.666. The van der Waals surface area contributed by atoms with Crippen LogP contribution in [0, 0.1) is 17.8 Å². The first kappa shape index (κ1) is 10.4. The van der Waals surface area contributed by atoms with E-state index in [0.717, 1.165) is 11.8 Å². The molecule has 4 rings (SSSR count). The molecule has 0 saturated heterocycles. The Labute approximate surface area is 109 Å². The van der Waals surface area contributed by atoms with Gasteiger partial charge in [0.1, 0.15) is 0 Å². The van der Waals surface area contributed by atoms with Gasteiger partial charge in [-0.2, -0.15) is 0 Å². The van der Waals surface area contributed by atoms with Gasteiger partial charge in [0, 0.05) is 24.7 Å². The van der Waals surface area contributed by atoms with E-state index in [1.807, 2.05) is 0 Å². The summed E-state index contributed by atoms with van der Waals surface area (Å²) in [7, 11) is 2.27. The third-order valence-electron chi connectivity index (χ3n) is 5.27. The van der Waals surface area contributed by atoms with Gasteiger partial charge < -0.3 is 4.90 Å². The minimum Gasteiger partial charge on any atom is -0.370 e. The van der Waals surface area contributed by atoms with Gasteiger partial charge in [-0.15, -0.1) is 0 Å². The zero-order chi connectivity index (χ0) is 12.3. The van der Waals surface area contributed by atoms with E-state index >= 15 is 0 Å². The molecule has 0 bridgehead atoms. The van der Waals surface area contributed by atoms with Crippen molar-refractivity contribution in [3.05, 3.63) is 54.1 Å². The average molecular weight is 237 g/mol. The molecule has 1 saturated carbocycles. The number of hydrogen-bond donors (Lipinski definition) is 0. The van der Waals surface area contributed by atoms with E-state index in [9.17, 15) is 0 Å². The molecule has 1 aromatic carbocycles. The van der Waals surface area contributed by atoms with Gasteiger partial charge in [-0.05, 0) is 29.4 Å². The van der Waals surface area contributed by atoms with Crippen LogP contribution in [0.15, 0.2) is 48.6 Å². The molecule has 92 valence electrons. The van der Waals surface area contributed by atoms with Crippen molar-refractivity contribution in [1.82, 2.24) is 0 Å². The van der Waals surface area contributed by atoms with Crippen LogP contribution in [0.4, 0.5) is 5.69 Å². The smallest absolute Gasteiger partial charge is 0.0402 e. The van der Waals surface area contributed by atoms with Gasteiger partial charge in [0.15, 0.2) is 0 Å². The number of hydrogen-bond acceptors (Lipinski definition) is 1. The molecular weight excluding hydrogens is 218 g/mol. The highest BCUT2D eigenvalue weighted by molar-refractivity contribution is 5.63. The second-order valence-corrected chi connectivity index (χ2v) is 5.97. The van der Waals surface area contributed by atoms with Crippen LogP contribution in [0.3, 0.4) is 0 Å². The number of allylic oxidation sites excluding steroid dienone is 4. The fourth-order valence-electron chi connectivity index (χ4n) is 4.54. The van der Waals surface area contributed by atoms with Gasteiger partial charge in [-0.3, -0.25) is 0 Å². The van der Waals surface area contributed by atoms with Gasteiger partial charge in [-0.25, -0.2) is 0 Å². The summed E-state index contributed by atoms with van der Waals surface area (Å²) < 4.78 is 0. The first-order chi connectivity index (χ1) is 8.79. The third kappa shape index (κ3) is 1.12. The van der Waals surface area contributed by atoms with Crippen molar-refractivity contribution in [2.45, 2.75) is 18.9 Å². The predicted octanol–water partition coefficient (Wildman–Crippen LogP) is 3.60. The lowest BCUT2D eigenvalue weighted by Gasteiger charge is -2.27. The van der Waals surface area contributed by atoms with Crippen molar-refractivity contribution in [2.24, 2.45) is 17.8 Å². The van der Waals surface area contributed by atoms with Crippen molar-refractivity contribution >= 4 is 5.69 Å². The van der Waals surface area contributed by atoms with E-state index in [2.05, 4.69) is 67.4 Å². The molecular formula is C17H19N. The van der Waals surface area contributed by atoms with Crippen LogP contribution in [0.5, 0.6) is 0 Å².